The summed E-state index contributed by atoms with van der Waals surface area (Å²) < 4.78 is 0.847. The molecule has 0 aromatic carbocycles. The molecule has 0 radical (unpaired) electrons. The monoisotopic (exact) mass is 288 g/mol. The number of nitrogens with one attached hydrogen (secondary N) is 1. The van der Waals surface area contributed by atoms with Gasteiger partial charge in [-0.05, 0) is 47.2 Å². The van der Waals surface area contributed by atoms with Crippen molar-refractivity contribution in [2.45, 2.75) is 32.2 Å². The number of anilines is 1. The minimum Gasteiger partial charge on any atom is -0.381 e. The predicted octanol–water partition coefficient (Wildman–Crippen LogP) is 4.10. The summed E-state index contributed by atoms with van der Waals surface area (Å²) in [6.45, 7) is 2.30. The van der Waals surface area contributed by atoms with Crippen molar-refractivity contribution in [3.63, 3.8) is 0 Å². The molecule has 4 heteroatoms. The molecule has 2 nitrogen and oxygen atoms in total. The second-order valence-corrected chi connectivity index (χ2v) is 5.47. The van der Waals surface area contributed by atoms with E-state index in [1.54, 1.807) is 6.20 Å². The zero-order valence-corrected chi connectivity index (χ0v) is 11.0. The van der Waals surface area contributed by atoms with E-state index in [0.717, 1.165) is 16.1 Å². The molecule has 1 N–H and O–H groups in total. The van der Waals surface area contributed by atoms with E-state index in [0.29, 0.717) is 11.2 Å². The first-order valence-electron chi connectivity index (χ1n) is 5.22. The molecule has 1 aromatic rings. The fraction of sp³-hybridized carbons (Fsp3) is 0.545. The summed E-state index contributed by atoms with van der Waals surface area (Å²) in [5, 5.41) is 4.00. The summed E-state index contributed by atoms with van der Waals surface area (Å²) >= 11 is 9.21. The summed E-state index contributed by atoms with van der Waals surface area (Å²) in [6, 6.07) is 2.58. The Bertz CT molecular complexity index is 356. The van der Waals surface area contributed by atoms with Gasteiger partial charge in [-0.3, -0.25) is 0 Å². The van der Waals surface area contributed by atoms with Crippen LogP contribution in [0.2, 0.25) is 5.15 Å². The van der Waals surface area contributed by atoms with Gasteiger partial charge in [0.25, 0.3) is 0 Å². The molecule has 1 saturated carbocycles. The van der Waals surface area contributed by atoms with Gasteiger partial charge in [-0.1, -0.05) is 18.5 Å². The summed E-state index contributed by atoms with van der Waals surface area (Å²) in [4.78, 5) is 4.10. The highest BCUT2D eigenvalue weighted by molar-refractivity contribution is 9.10. The molecule has 1 aliphatic carbocycles. The molecule has 0 spiro atoms. The lowest BCUT2D eigenvalue weighted by Crippen LogP contribution is -2.15. The van der Waals surface area contributed by atoms with Crippen molar-refractivity contribution < 1.29 is 0 Å². The van der Waals surface area contributed by atoms with Gasteiger partial charge in [-0.15, -0.1) is 0 Å². The van der Waals surface area contributed by atoms with Crippen molar-refractivity contribution in [1.82, 2.24) is 4.98 Å². The highest BCUT2D eigenvalue weighted by Gasteiger charge is 2.21. The zero-order chi connectivity index (χ0) is 10.8. The van der Waals surface area contributed by atoms with E-state index in [2.05, 4.69) is 33.2 Å². The Morgan fingerprint density at radius 2 is 2.33 bits per heavy atom. The molecule has 0 aliphatic heterocycles. The zero-order valence-electron chi connectivity index (χ0n) is 8.63. The number of aromatic nitrogens is 1. The second-order valence-electron chi connectivity index (χ2n) is 4.26. The van der Waals surface area contributed by atoms with E-state index in [-0.39, 0.29) is 0 Å². The molecule has 2 unspecified atom stereocenters. The number of hydrogen-bond acceptors (Lipinski definition) is 2. The molecule has 0 saturated heterocycles. The maximum atomic E-state index is 5.83. The highest BCUT2D eigenvalue weighted by atomic mass is 79.9. The standard InChI is InChI=1S/C11H14BrClN2/c1-7-2-3-8(4-7)15-9-5-10(12)11(13)14-6-9/h5-8,15H,2-4H2,1H3. The molecule has 2 rings (SSSR count). The van der Waals surface area contributed by atoms with Crippen LogP contribution in [0.3, 0.4) is 0 Å². The molecule has 2 atom stereocenters. The third-order valence-corrected chi connectivity index (χ3v) is 4.00. The van der Waals surface area contributed by atoms with Crippen LogP contribution in [0.25, 0.3) is 0 Å². The van der Waals surface area contributed by atoms with Crippen LogP contribution in [0.5, 0.6) is 0 Å². The van der Waals surface area contributed by atoms with Crippen molar-refractivity contribution in [3.8, 4) is 0 Å². The fourth-order valence-electron chi connectivity index (χ4n) is 2.07. The van der Waals surface area contributed by atoms with E-state index in [4.69, 9.17) is 11.6 Å². The van der Waals surface area contributed by atoms with Crippen molar-refractivity contribution >= 4 is 33.2 Å². The van der Waals surface area contributed by atoms with Crippen LogP contribution >= 0.6 is 27.5 Å². The van der Waals surface area contributed by atoms with Crippen LogP contribution in [-0.2, 0) is 0 Å². The summed E-state index contributed by atoms with van der Waals surface area (Å²) in [5.74, 6) is 0.839. The lowest BCUT2D eigenvalue weighted by molar-refractivity contribution is 0.602. The Morgan fingerprint density at radius 3 is 2.93 bits per heavy atom. The van der Waals surface area contributed by atoms with E-state index >= 15 is 0 Å². The first-order valence-corrected chi connectivity index (χ1v) is 6.40. The summed E-state index contributed by atoms with van der Waals surface area (Å²) in [5.41, 5.74) is 1.05. The molecule has 82 valence electrons. The van der Waals surface area contributed by atoms with E-state index in [1.165, 1.54) is 19.3 Å². The average Bonchev–Trinajstić information content (AvgIpc) is 2.58. The number of rotatable bonds is 2. The first kappa shape index (κ1) is 11.2. The minimum atomic E-state index is 0.514. The molecule has 0 amide bonds. The Hall–Kier alpha value is -0.280. The second kappa shape index (κ2) is 4.71. The molecule has 15 heavy (non-hydrogen) atoms. The minimum absolute atomic E-state index is 0.514. The Labute approximate surface area is 104 Å². The van der Waals surface area contributed by atoms with Gasteiger partial charge in [0.1, 0.15) is 5.15 Å². The topological polar surface area (TPSA) is 24.9 Å². The maximum absolute atomic E-state index is 5.83. The molecule has 1 aromatic heterocycles. The van der Waals surface area contributed by atoms with Crippen LogP contribution in [-0.4, -0.2) is 11.0 Å². The van der Waals surface area contributed by atoms with Crippen LogP contribution in [0.1, 0.15) is 26.2 Å². The van der Waals surface area contributed by atoms with Crippen LogP contribution < -0.4 is 5.32 Å². The Balaban J connectivity index is 2.02. The van der Waals surface area contributed by atoms with Crippen molar-refractivity contribution in [3.05, 3.63) is 21.9 Å². The largest absolute Gasteiger partial charge is 0.381 e. The highest BCUT2D eigenvalue weighted by Crippen LogP contribution is 2.29. The molecular formula is C11H14BrClN2. The first-order chi connectivity index (χ1) is 7.15. The molecule has 1 aliphatic rings. The van der Waals surface area contributed by atoms with Crippen LogP contribution in [0.15, 0.2) is 16.7 Å². The third kappa shape index (κ3) is 2.85. The van der Waals surface area contributed by atoms with Gasteiger partial charge in [-0.2, -0.15) is 0 Å². The number of pyridine rings is 1. The molecule has 0 bridgehead atoms. The van der Waals surface area contributed by atoms with E-state index in [1.807, 2.05) is 6.07 Å². The lowest BCUT2D eigenvalue weighted by atomic mass is 10.1. The van der Waals surface area contributed by atoms with Gasteiger partial charge < -0.3 is 5.32 Å². The predicted molar refractivity (Wildman–Crippen MR) is 67.4 cm³/mol. The number of halogens is 2. The smallest absolute Gasteiger partial charge is 0.143 e. The van der Waals surface area contributed by atoms with Crippen molar-refractivity contribution in [2.75, 3.05) is 5.32 Å². The van der Waals surface area contributed by atoms with Crippen molar-refractivity contribution in [1.29, 1.82) is 0 Å². The summed E-state index contributed by atoms with van der Waals surface area (Å²) in [7, 11) is 0. The van der Waals surface area contributed by atoms with Gasteiger partial charge >= 0.3 is 0 Å². The third-order valence-electron chi connectivity index (χ3n) is 2.86. The number of nitrogens with zero attached hydrogens (tertiary/aromatic N) is 1. The number of hydrogen-bond donors (Lipinski definition) is 1. The lowest BCUT2D eigenvalue weighted by Gasteiger charge is -2.13. The molecule has 1 heterocycles. The van der Waals surface area contributed by atoms with Gasteiger partial charge in [-0.25, -0.2) is 4.98 Å². The maximum Gasteiger partial charge on any atom is 0.143 e. The fourth-order valence-corrected chi connectivity index (χ4v) is 2.53. The average molecular weight is 290 g/mol. The van der Waals surface area contributed by atoms with Crippen LogP contribution in [0, 0.1) is 5.92 Å². The van der Waals surface area contributed by atoms with Gasteiger partial charge in [0.2, 0.25) is 0 Å². The summed E-state index contributed by atoms with van der Waals surface area (Å²) in [6.07, 6.45) is 5.61. The SMILES string of the molecule is CC1CCC(Nc2cnc(Cl)c(Br)c2)C1. The van der Waals surface area contributed by atoms with E-state index in [9.17, 15) is 0 Å². The van der Waals surface area contributed by atoms with Crippen LogP contribution in [0.4, 0.5) is 5.69 Å². The molecule has 1 fully saturated rings. The quantitative estimate of drug-likeness (QED) is 0.829. The normalized spacial score (nSPS) is 25.5. The van der Waals surface area contributed by atoms with E-state index < -0.39 is 0 Å². The van der Waals surface area contributed by atoms with Crippen molar-refractivity contribution in [2.24, 2.45) is 5.92 Å². The van der Waals surface area contributed by atoms with Gasteiger partial charge in [0.05, 0.1) is 16.4 Å². The van der Waals surface area contributed by atoms with Gasteiger partial charge in [0, 0.05) is 6.04 Å². The molecular weight excluding hydrogens is 275 g/mol. The Kier molecular flexibility index (Phi) is 3.52. The Morgan fingerprint density at radius 1 is 1.53 bits per heavy atom. The van der Waals surface area contributed by atoms with Gasteiger partial charge in [0.15, 0.2) is 0 Å².